The van der Waals surface area contributed by atoms with Gasteiger partial charge in [-0.25, -0.2) is 0 Å². The van der Waals surface area contributed by atoms with Gasteiger partial charge in [0.2, 0.25) is 11.8 Å². The van der Waals surface area contributed by atoms with E-state index < -0.39 is 46.8 Å². The Morgan fingerprint density at radius 3 is 2.29 bits per heavy atom. The fraction of sp³-hybridized carbons (Fsp3) is 0.263. The molecule has 0 bridgehead atoms. The average molecular weight is 662 g/mol. The van der Waals surface area contributed by atoms with Crippen LogP contribution in [-0.4, -0.2) is 33.7 Å². The number of nitrogens with zero attached hydrogens (tertiary/aromatic N) is 2. The summed E-state index contributed by atoms with van der Waals surface area (Å²) in [6, 6.07) is 26.6. The molecule has 4 aromatic rings. The average Bonchev–Trinajstić information content (AvgIpc) is 3.74. The highest BCUT2D eigenvalue weighted by molar-refractivity contribution is 6.31. The van der Waals surface area contributed by atoms with E-state index in [1.165, 1.54) is 4.90 Å². The van der Waals surface area contributed by atoms with Gasteiger partial charge in [0.1, 0.15) is 23.5 Å². The minimum Gasteiger partial charge on any atom is -0.463 e. The van der Waals surface area contributed by atoms with Crippen molar-refractivity contribution in [2.45, 2.75) is 37.7 Å². The molecule has 10 heteroatoms. The van der Waals surface area contributed by atoms with Gasteiger partial charge in [0.25, 0.3) is 11.8 Å². The molecular weight excluding hydrogens is 630 g/mol. The van der Waals surface area contributed by atoms with Crippen LogP contribution >= 0.6 is 11.6 Å². The molecule has 1 aromatic heterocycles. The number of hydrogen-bond acceptors (Lipinski definition) is 7. The molecule has 1 saturated carbocycles. The Morgan fingerprint density at radius 2 is 1.60 bits per heavy atom. The van der Waals surface area contributed by atoms with E-state index in [-0.39, 0.29) is 31.3 Å². The standard InChI is InChI=1S/C38H32ClN3O6/c1-21-7-11-24(12-8-21)40-42-35(45)30-19-29-27(16-17-28-32(29)36(46)41(34(28)44)25-13-9-23(39)10-14-25)33(31-18-15-26(20-43)48-31)38(30,37(42)47)22-5-3-2-4-6-22/h2-16,18,28-30,32-33,40,43H,17,19-20H2,1H3. The second-order valence-electron chi connectivity index (χ2n) is 13.0. The molecular formula is C38H32ClN3O6. The first-order valence-electron chi connectivity index (χ1n) is 16.0. The third-order valence-electron chi connectivity index (χ3n) is 10.6. The fourth-order valence-electron chi connectivity index (χ4n) is 8.53. The number of allylic oxidation sites excluding steroid dienone is 2. The Morgan fingerprint density at radius 1 is 0.875 bits per heavy atom. The number of benzene rings is 3. The maximum absolute atomic E-state index is 15.1. The van der Waals surface area contributed by atoms with Crippen molar-refractivity contribution < 1.29 is 28.7 Å². The van der Waals surface area contributed by atoms with Gasteiger partial charge in [-0.1, -0.05) is 71.3 Å². The first kappa shape index (κ1) is 30.4. The van der Waals surface area contributed by atoms with Crippen LogP contribution in [0.15, 0.2) is 107 Å². The van der Waals surface area contributed by atoms with Crippen LogP contribution in [-0.2, 0) is 31.2 Å². The number of carbonyl (C=O) groups excluding carboxylic acids is 4. The van der Waals surface area contributed by atoms with Crippen molar-refractivity contribution >= 4 is 46.6 Å². The minimum atomic E-state index is -1.43. The quantitative estimate of drug-likeness (QED) is 0.194. The predicted octanol–water partition coefficient (Wildman–Crippen LogP) is 5.92. The van der Waals surface area contributed by atoms with Crippen molar-refractivity contribution in [3.63, 3.8) is 0 Å². The molecule has 2 aliphatic carbocycles. The number of furan rings is 1. The van der Waals surface area contributed by atoms with Crippen LogP contribution in [0.2, 0.25) is 5.02 Å². The zero-order valence-electron chi connectivity index (χ0n) is 26.0. The number of aliphatic hydroxyl groups is 1. The Hall–Kier alpha value is -4.99. The molecule has 0 spiro atoms. The summed E-state index contributed by atoms with van der Waals surface area (Å²) in [7, 11) is 0. The Labute approximate surface area is 281 Å². The highest BCUT2D eigenvalue weighted by Crippen LogP contribution is 2.64. The number of amides is 4. The summed E-state index contributed by atoms with van der Waals surface area (Å²) < 4.78 is 6.22. The maximum Gasteiger partial charge on any atom is 0.260 e. The van der Waals surface area contributed by atoms with E-state index in [4.69, 9.17) is 16.0 Å². The third-order valence-corrected chi connectivity index (χ3v) is 10.9. The lowest BCUT2D eigenvalue weighted by Crippen LogP contribution is -2.53. The first-order chi connectivity index (χ1) is 23.2. The number of aryl methyl sites for hydroxylation is 1. The Balaban J connectivity index is 1.30. The number of halogens is 1. The van der Waals surface area contributed by atoms with Crippen LogP contribution in [0.5, 0.6) is 0 Å². The molecule has 3 fully saturated rings. The van der Waals surface area contributed by atoms with E-state index in [1.807, 2.05) is 67.6 Å². The van der Waals surface area contributed by atoms with E-state index in [1.54, 1.807) is 36.4 Å². The molecule has 4 amide bonds. The number of hydrogen-bond donors (Lipinski definition) is 2. The number of carbonyl (C=O) groups is 4. The SMILES string of the molecule is Cc1ccc(NN2C(=O)C3CC4C(=CCC5C(=O)N(c6ccc(Cl)cc6)C(=O)C54)C(c4ccc(CO)o4)C3(c3ccccc3)C2=O)cc1. The van der Waals surface area contributed by atoms with Gasteiger partial charge in [0, 0.05) is 5.02 Å². The van der Waals surface area contributed by atoms with E-state index in [0.717, 1.165) is 16.1 Å². The van der Waals surface area contributed by atoms with Crippen LogP contribution in [0.3, 0.4) is 0 Å². The second-order valence-corrected chi connectivity index (χ2v) is 13.5. The van der Waals surface area contributed by atoms with Crippen LogP contribution in [0.25, 0.3) is 0 Å². The largest absolute Gasteiger partial charge is 0.463 e. The van der Waals surface area contributed by atoms with E-state index in [2.05, 4.69) is 5.43 Å². The normalized spacial score (nSPS) is 27.9. The molecule has 6 atom stereocenters. The molecule has 3 heterocycles. The summed E-state index contributed by atoms with van der Waals surface area (Å²) in [5, 5.41) is 11.6. The molecule has 2 N–H and O–H groups in total. The van der Waals surface area contributed by atoms with Gasteiger partial charge in [-0.2, -0.15) is 5.01 Å². The summed E-state index contributed by atoms with van der Waals surface area (Å²) >= 11 is 6.11. The highest BCUT2D eigenvalue weighted by Gasteiger charge is 2.71. The fourth-order valence-corrected chi connectivity index (χ4v) is 8.66. The Bertz CT molecular complexity index is 1990. The summed E-state index contributed by atoms with van der Waals surface area (Å²) in [5.41, 5.74) is 5.13. The lowest BCUT2D eigenvalue weighted by atomic mass is 9.50. The van der Waals surface area contributed by atoms with Crippen molar-refractivity contribution in [3.8, 4) is 0 Å². The predicted molar refractivity (Wildman–Crippen MR) is 177 cm³/mol. The number of aliphatic hydroxyl groups excluding tert-OH is 1. The molecule has 8 rings (SSSR count). The van der Waals surface area contributed by atoms with Crippen molar-refractivity contribution in [1.29, 1.82) is 0 Å². The van der Waals surface area contributed by atoms with Crippen LogP contribution in [0.4, 0.5) is 11.4 Å². The van der Waals surface area contributed by atoms with Crippen LogP contribution < -0.4 is 10.3 Å². The van der Waals surface area contributed by atoms with Gasteiger partial charge < -0.3 is 9.52 Å². The molecule has 4 aliphatic rings. The van der Waals surface area contributed by atoms with E-state index in [0.29, 0.717) is 33.5 Å². The summed E-state index contributed by atoms with van der Waals surface area (Å²) in [6.45, 7) is 1.61. The molecule has 9 nitrogen and oxygen atoms in total. The number of fused-ring (bicyclic) bond motifs is 4. The van der Waals surface area contributed by atoms with Crippen LogP contribution in [0, 0.1) is 30.6 Å². The first-order valence-corrected chi connectivity index (χ1v) is 16.4. The molecule has 242 valence electrons. The van der Waals surface area contributed by atoms with Gasteiger partial charge in [0.15, 0.2) is 0 Å². The van der Waals surface area contributed by atoms with Crippen LogP contribution in [0.1, 0.15) is 41.4 Å². The van der Waals surface area contributed by atoms with Gasteiger partial charge >= 0.3 is 0 Å². The van der Waals surface area contributed by atoms with E-state index in [9.17, 15) is 19.5 Å². The van der Waals surface area contributed by atoms with E-state index >= 15 is 4.79 Å². The lowest BCUT2D eigenvalue weighted by molar-refractivity contribution is -0.138. The van der Waals surface area contributed by atoms with Crippen molar-refractivity contribution in [2.75, 3.05) is 10.3 Å². The van der Waals surface area contributed by atoms with Gasteiger partial charge in [-0.05, 0) is 79.8 Å². The van der Waals surface area contributed by atoms with Gasteiger partial charge in [-0.15, -0.1) is 0 Å². The lowest BCUT2D eigenvalue weighted by Gasteiger charge is -2.49. The molecule has 3 aromatic carbocycles. The van der Waals surface area contributed by atoms with Gasteiger partial charge in [-0.3, -0.25) is 29.5 Å². The molecule has 2 aliphatic heterocycles. The molecule has 6 unspecified atom stereocenters. The number of imide groups is 2. The third kappa shape index (κ3) is 4.34. The highest BCUT2D eigenvalue weighted by atomic mass is 35.5. The van der Waals surface area contributed by atoms with Crippen molar-refractivity contribution in [3.05, 3.63) is 130 Å². The van der Waals surface area contributed by atoms with Gasteiger partial charge in [0.05, 0.1) is 35.0 Å². The maximum atomic E-state index is 15.1. The number of nitrogens with one attached hydrogen (secondary N) is 1. The van der Waals surface area contributed by atoms with Crippen molar-refractivity contribution in [1.82, 2.24) is 5.01 Å². The van der Waals surface area contributed by atoms with Crippen molar-refractivity contribution in [2.24, 2.45) is 23.7 Å². The molecule has 0 radical (unpaired) electrons. The molecule has 2 saturated heterocycles. The minimum absolute atomic E-state index is 0.177. The number of rotatable bonds is 6. The number of anilines is 2. The topological polar surface area (TPSA) is 120 Å². The molecule has 48 heavy (non-hydrogen) atoms. The summed E-state index contributed by atoms with van der Waals surface area (Å²) in [6.07, 6.45) is 2.44. The monoisotopic (exact) mass is 661 g/mol. The zero-order chi connectivity index (χ0) is 33.3. The number of hydrazine groups is 1. The zero-order valence-corrected chi connectivity index (χ0v) is 26.8. The smallest absolute Gasteiger partial charge is 0.260 e. The summed E-state index contributed by atoms with van der Waals surface area (Å²) in [5.74, 6) is -4.34. The second kappa shape index (κ2) is 11.3. The Kier molecular flexibility index (Phi) is 7.16. The summed E-state index contributed by atoms with van der Waals surface area (Å²) in [4.78, 5) is 59.1.